The van der Waals surface area contributed by atoms with Crippen LogP contribution in [0.4, 0.5) is 5.13 Å². The molecule has 0 aromatic carbocycles. The van der Waals surface area contributed by atoms with E-state index >= 15 is 0 Å². The lowest BCUT2D eigenvalue weighted by atomic mass is 10.3. The normalized spacial score (nSPS) is 13.5. The first kappa shape index (κ1) is 16.5. The number of sulfonamides is 1. The van der Waals surface area contributed by atoms with Crippen LogP contribution in [0.3, 0.4) is 0 Å². The van der Waals surface area contributed by atoms with Crippen molar-refractivity contribution in [3.8, 4) is 0 Å². The average Bonchev–Trinajstić information content (AvgIpc) is 2.73. The van der Waals surface area contributed by atoms with Crippen molar-refractivity contribution in [2.45, 2.75) is 29.4 Å². The SMILES string of the molecule is CC(=O)Nc1nnc(S(=O)(=O)N(C)CCC(C)Br)s1. The number of carbonyl (C=O) groups is 1. The zero-order valence-electron chi connectivity index (χ0n) is 10.8. The second-order valence-corrected chi connectivity index (χ2v) is 8.71. The summed E-state index contributed by atoms with van der Waals surface area (Å²) in [6.45, 7) is 3.64. The third kappa shape index (κ3) is 4.79. The molecule has 19 heavy (non-hydrogen) atoms. The predicted octanol–water partition coefficient (Wildman–Crippen LogP) is 1.29. The van der Waals surface area contributed by atoms with Gasteiger partial charge in [-0.05, 0) is 6.42 Å². The Bertz CT molecular complexity index is 543. The highest BCUT2D eigenvalue weighted by molar-refractivity contribution is 9.09. The first-order valence-electron chi connectivity index (χ1n) is 5.45. The molecule has 7 nitrogen and oxygen atoms in total. The van der Waals surface area contributed by atoms with Crippen LogP contribution < -0.4 is 5.32 Å². The molecule has 1 unspecified atom stereocenters. The molecule has 10 heteroatoms. The molecule has 1 amide bonds. The lowest BCUT2D eigenvalue weighted by Gasteiger charge is -2.15. The van der Waals surface area contributed by atoms with Crippen LogP contribution in [0.5, 0.6) is 0 Å². The molecule has 1 rings (SSSR count). The van der Waals surface area contributed by atoms with E-state index in [2.05, 4.69) is 31.4 Å². The summed E-state index contributed by atoms with van der Waals surface area (Å²) in [6, 6.07) is 0. The van der Waals surface area contributed by atoms with Crippen molar-refractivity contribution in [2.75, 3.05) is 18.9 Å². The van der Waals surface area contributed by atoms with Gasteiger partial charge in [0.05, 0.1) is 0 Å². The third-order valence-electron chi connectivity index (χ3n) is 2.16. The van der Waals surface area contributed by atoms with Crippen LogP contribution in [0.25, 0.3) is 0 Å². The Morgan fingerprint density at radius 3 is 2.68 bits per heavy atom. The molecule has 0 bridgehead atoms. The quantitative estimate of drug-likeness (QED) is 0.601. The highest BCUT2D eigenvalue weighted by Crippen LogP contribution is 2.22. The predicted molar refractivity (Wildman–Crippen MR) is 77.0 cm³/mol. The molecular formula is C9H15BrN4O3S2. The molecule has 108 valence electrons. The number of amides is 1. The summed E-state index contributed by atoms with van der Waals surface area (Å²) in [4.78, 5) is 11.1. The molecule has 0 saturated heterocycles. The minimum atomic E-state index is -3.64. The Morgan fingerprint density at radius 1 is 1.53 bits per heavy atom. The Hall–Kier alpha value is -0.580. The number of nitrogens with one attached hydrogen (secondary N) is 1. The van der Waals surface area contributed by atoms with Crippen molar-refractivity contribution in [3.05, 3.63) is 0 Å². The second-order valence-electron chi connectivity index (χ2n) is 3.95. The number of nitrogens with zero attached hydrogens (tertiary/aromatic N) is 3. The Kier molecular flexibility index (Phi) is 5.83. The Balaban J connectivity index is 2.81. The number of rotatable bonds is 6. The van der Waals surface area contributed by atoms with E-state index in [0.29, 0.717) is 13.0 Å². The summed E-state index contributed by atoms with van der Waals surface area (Å²) < 4.78 is 25.4. The monoisotopic (exact) mass is 370 g/mol. The van der Waals surface area contributed by atoms with Crippen molar-refractivity contribution in [2.24, 2.45) is 0 Å². The van der Waals surface area contributed by atoms with Crippen LogP contribution >= 0.6 is 27.3 Å². The molecule has 0 fully saturated rings. The highest BCUT2D eigenvalue weighted by Gasteiger charge is 2.25. The van der Waals surface area contributed by atoms with Crippen molar-refractivity contribution < 1.29 is 13.2 Å². The molecule has 1 atom stereocenters. The molecule has 1 aromatic rings. The van der Waals surface area contributed by atoms with Gasteiger partial charge >= 0.3 is 0 Å². The smallest absolute Gasteiger partial charge is 0.272 e. The van der Waals surface area contributed by atoms with Gasteiger partial charge in [0, 0.05) is 25.3 Å². The summed E-state index contributed by atoms with van der Waals surface area (Å²) in [5.74, 6) is -0.318. The van der Waals surface area contributed by atoms with Crippen LogP contribution in [-0.2, 0) is 14.8 Å². The summed E-state index contributed by atoms with van der Waals surface area (Å²) in [6.07, 6.45) is 0.688. The molecule has 0 spiro atoms. The van der Waals surface area contributed by atoms with E-state index in [-0.39, 0.29) is 20.2 Å². The van der Waals surface area contributed by atoms with Gasteiger partial charge < -0.3 is 5.32 Å². The van der Waals surface area contributed by atoms with Crippen LogP contribution in [0.2, 0.25) is 0 Å². The maximum atomic E-state index is 12.1. The van der Waals surface area contributed by atoms with E-state index in [0.717, 1.165) is 11.3 Å². The second kappa shape index (κ2) is 6.73. The standard InChI is InChI=1S/C9H15BrN4O3S2/c1-6(10)4-5-14(3)19(16,17)9-13-12-8(18-9)11-7(2)15/h6H,4-5H2,1-3H3,(H,11,12,15). The minimum absolute atomic E-state index is 0.124. The van der Waals surface area contributed by atoms with E-state index in [1.165, 1.54) is 18.3 Å². The maximum absolute atomic E-state index is 12.1. The Morgan fingerprint density at radius 2 is 2.16 bits per heavy atom. The molecule has 1 N–H and O–H groups in total. The Labute approximate surface area is 124 Å². The molecule has 0 aliphatic carbocycles. The summed E-state index contributed by atoms with van der Waals surface area (Å²) in [5, 5.41) is 9.80. The summed E-state index contributed by atoms with van der Waals surface area (Å²) >= 11 is 4.20. The van der Waals surface area contributed by atoms with Gasteiger partial charge in [0.1, 0.15) is 0 Å². The third-order valence-corrected chi connectivity index (χ3v) is 5.66. The van der Waals surface area contributed by atoms with Crippen LogP contribution in [0.15, 0.2) is 4.34 Å². The zero-order valence-corrected chi connectivity index (χ0v) is 14.0. The minimum Gasteiger partial charge on any atom is -0.301 e. The van der Waals surface area contributed by atoms with E-state index < -0.39 is 10.0 Å². The zero-order chi connectivity index (χ0) is 14.6. The molecule has 0 aliphatic heterocycles. The molecule has 0 saturated carbocycles. The van der Waals surface area contributed by atoms with Crippen molar-refractivity contribution in [1.29, 1.82) is 0 Å². The van der Waals surface area contributed by atoms with Gasteiger partial charge in [0.25, 0.3) is 10.0 Å². The number of halogens is 1. The van der Waals surface area contributed by atoms with E-state index in [1.54, 1.807) is 0 Å². The summed E-state index contributed by atoms with van der Waals surface area (Å²) in [7, 11) is -2.15. The molecular weight excluding hydrogens is 356 g/mol. The first-order chi connectivity index (χ1) is 8.73. The fraction of sp³-hybridized carbons (Fsp3) is 0.667. The highest BCUT2D eigenvalue weighted by atomic mass is 79.9. The molecule has 0 radical (unpaired) electrons. The topological polar surface area (TPSA) is 92.3 Å². The molecule has 1 heterocycles. The van der Waals surface area contributed by atoms with Crippen LogP contribution in [0.1, 0.15) is 20.3 Å². The van der Waals surface area contributed by atoms with Crippen molar-refractivity contribution >= 4 is 48.3 Å². The lowest BCUT2D eigenvalue weighted by molar-refractivity contribution is -0.114. The van der Waals surface area contributed by atoms with E-state index in [4.69, 9.17) is 0 Å². The van der Waals surface area contributed by atoms with Gasteiger partial charge in [-0.2, -0.15) is 4.31 Å². The average molecular weight is 371 g/mol. The number of hydrogen-bond acceptors (Lipinski definition) is 6. The lowest BCUT2D eigenvalue weighted by Crippen LogP contribution is -2.28. The molecule has 0 aliphatic rings. The van der Waals surface area contributed by atoms with E-state index in [9.17, 15) is 13.2 Å². The van der Waals surface area contributed by atoms with Gasteiger partial charge in [-0.15, -0.1) is 10.2 Å². The molecule has 1 aromatic heterocycles. The largest absolute Gasteiger partial charge is 0.301 e. The summed E-state index contributed by atoms with van der Waals surface area (Å²) in [5.41, 5.74) is 0. The van der Waals surface area contributed by atoms with Gasteiger partial charge in [0.15, 0.2) is 0 Å². The number of carbonyl (C=O) groups excluding carboxylic acids is 1. The number of alkyl halides is 1. The van der Waals surface area contributed by atoms with Gasteiger partial charge in [-0.25, -0.2) is 8.42 Å². The van der Waals surface area contributed by atoms with Crippen molar-refractivity contribution in [3.63, 3.8) is 0 Å². The van der Waals surface area contributed by atoms with Crippen LogP contribution in [-0.4, -0.2) is 47.2 Å². The number of aromatic nitrogens is 2. The van der Waals surface area contributed by atoms with Gasteiger partial charge in [-0.3, -0.25) is 4.79 Å². The number of anilines is 1. The van der Waals surface area contributed by atoms with Crippen LogP contribution in [0, 0.1) is 0 Å². The fourth-order valence-electron chi connectivity index (χ4n) is 1.13. The van der Waals surface area contributed by atoms with Crippen molar-refractivity contribution in [1.82, 2.24) is 14.5 Å². The van der Waals surface area contributed by atoms with Gasteiger partial charge in [-0.1, -0.05) is 34.2 Å². The van der Waals surface area contributed by atoms with Gasteiger partial charge in [0.2, 0.25) is 15.4 Å². The van der Waals surface area contributed by atoms with E-state index in [1.807, 2.05) is 6.92 Å². The maximum Gasteiger partial charge on any atom is 0.272 e. The fourth-order valence-corrected chi connectivity index (χ4v) is 3.65. The first-order valence-corrected chi connectivity index (χ1v) is 8.62. The number of hydrogen-bond donors (Lipinski definition) is 1.